The lowest BCUT2D eigenvalue weighted by atomic mass is 10.2. The molecule has 1 saturated carbocycles. The molecule has 11 heteroatoms. The lowest BCUT2D eigenvalue weighted by Gasteiger charge is -2.11. The number of pyridine rings is 1. The molecule has 168 valence electrons. The predicted molar refractivity (Wildman–Crippen MR) is 122 cm³/mol. The molecule has 0 saturated heterocycles. The zero-order valence-electron chi connectivity index (χ0n) is 17.9. The van der Waals surface area contributed by atoms with Gasteiger partial charge in [-0.1, -0.05) is 6.07 Å². The smallest absolute Gasteiger partial charge is 0.275 e. The highest BCUT2D eigenvalue weighted by molar-refractivity contribution is 6.18. The summed E-state index contributed by atoms with van der Waals surface area (Å²) in [6.07, 6.45) is 3.48. The minimum atomic E-state index is -0.379. The average molecular weight is 466 g/mol. The molecule has 1 fully saturated rings. The van der Waals surface area contributed by atoms with Crippen molar-refractivity contribution in [3.05, 3.63) is 59.5 Å². The molecule has 4 aromatic rings. The summed E-state index contributed by atoms with van der Waals surface area (Å²) >= 11 is 5.96. The summed E-state index contributed by atoms with van der Waals surface area (Å²) in [4.78, 5) is 28.8. The second-order valence-corrected chi connectivity index (χ2v) is 8.25. The highest BCUT2D eigenvalue weighted by Crippen LogP contribution is 2.30. The van der Waals surface area contributed by atoms with Crippen molar-refractivity contribution in [1.29, 1.82) is 0 Å². The summed E-state index contributed by atoms with van der Waals surface area (Å²) in [6, 6.07) is 10.5. The van der Waals surface area contributed by atoms with E-state index in [2.05, 4.69) is 25.8 Å². The molecule has 33 heavy (non-hydrogen) atoms. The van der Waals surface area contributed by atoms with Crippen LogP contribution in [0.3, 0.4) is 0 Å². The molecule has 1 aliphatic rings. The van der Waals surface area contributed by atoms with Gasteiger partial charge in [-0.25, -0.2) is 4.52 Å². The Bertz CT molecular complexity index is 1390. The van der Waals surface area contributed by atoms with Crippen LogP contribution in [0.15, 0.2) is 42.6 Å². The van der Waals surface area contributed by atoms with E-state index in [0.717, 1.165) is 22.6 Å². The van der Waals surface area contributed by atoms with Gasteiger partial charge >= 0.3 is 0 Å². The zero-order chi connectivity index (χ0) is 23.1. The van der Waals surface area contributed by atoms with Crippen LogP contribution in [0.5, 0.6) is 11.5 Å². The van der Waals surface area contributed by atoms with E-state index in [1.54, 1.807) is 48.0 Å². The molecule has 5 rings (SSSR count). The molecule has 2 N–H and O–H groups in total. The monoisotopic (exact) mass is 465 g/mol. The quantitative estimate of drug-likeness (QED) is 0.445. The van der Waals surface area contributed by atoms with Gasteiger partial charge in [0.05, 0.1) is 11.9 Å². The topological polar surface area (TPSA) is 115 Å². The number of nitrogens with one attached hydrogen (secondary N) is 2. The number of carbonyl (C=O) groups excluding carboxylic acids is 2. The second kappa shape index (κ2) is 8.21. The van der Waals surface area contributed by atoms with Gasteiger partial charge in [0.1, 0.15) is 17.2 Å². The summed E-state index contributed by atoms with van der Waals surface area (Å²) in [5.74, 6) is 0.940. The number of carbonyl (C=O) groups is 2. The van der Waals surface area contributed by atoms with E-state index >= 15 is 0 Å². The van der Waals surface area contributed by atoms with Gasteiger partial charge in [0.2, 0.25) is 11.9 Å². The van der Waals surface area contributed by atoms with Crippen molar-refractivity contribution < 1.29 is 14.3 Å². The molecular formula is C22H20ClN7O3. The van der Waals surface area contributed by atoms with Crippen LogP contribution < -0.4 is 15.4 Å². The van der Waals surface area contributed by atoms with Crippen molar-refractivity contribution >= 4 is 40.9 Å². The van der Waals surface area contributed by atoms with Crippen LogP contribution in [0.1, 0.15) is 34.6 Å². The van der Waals surface area contributed by atoms with E-state index in [9.17, 15) is 9.59 Å². The molecule has 0 aliphatic heterocycles. The number of aromatic nitrogens is 5. The summed E-state index contributed by atoms with van der Waals surface area (Å²) < 4.78 is 8.53. The highest BCUT2D eigenvalue weighted by atomic mass is 35.5. The number of benzene rings is 1. The number of halogens is 1. The van der Waals surface area contributed by atoms with Gasteiger partial charge in [-0.2, -0.15) is 14.3 Å². The minimum absolute atomic E-state index is 0.0519. The lowest BCUT2D eigenvalue weighted by Crippen LogP contribution is -2.15. The van der Waals surface area contributed by atoms with Gasteiger partial charge in [-0.3, -0.25) is 14.9 Å². The fraction of sp³-hybridized carbons (Fsp3) is 0.227. The average Bonchev–Trinajstić information content (AvgIpc) is 3.46. The van der Waals surface area contributed by atoms with Gasteiger partial charge < -0.3 is 10.1 Å². The first-order chi connectivity index (χ1) is 15.9. The van der Waals surface area contributed by atoms with Gasteiger partial charge in [-0.05, 0) is 56.5 Å². The summed E-state index contributed by atoms with van der Waals surface area (Å²) in [5, 5.41) is 13.9. The van der Waals surface area contributed by atoms with E-state index in [1.807, 2.05) is 13.0 Å². The second-order valence-electron chi connectivity index (χ2n) is 7.93. The number of anilines is 2. The van der Waals surface area contributed by atoms with E-state index < -0.39 is 0 Å². The number of aryl methyl sites for hydroxylation is 2. The molecule has 0 bridgehead atoms. The Labute approximate surface area is 193 Å². The SMILES string of the molecule is Cc1cc(C(=O)Nc2cc(Oc3ccc4nc(NC(=O)C5CC5)nn4c3)ccc2C)n(Cl)n1. The van der Waals surface area contributed by atoms with E-state index in [-0.39, 0.29) is 29.4 Å². The molecule has 0 unspecified atom stereocenters. The van der Waals surface area contributed by atoms with Crippen molar-refractivity contribution in [3.63, 3.8) is 0 Å². The van der Waals surface area contributed by atoms with Crippen molar-refractivity contribution in [2.75, 3.05) is 10.6 Å². The van der Waals surface area contributed by atoms with E-state index in [4.69, 9.17) is 16.5 Å². The molecule has 3 heterocycles. The molecule has 0 radical (unpaired) electrons. The molecule has 10 nitrogen and oxygen atoms in total. The van der Waals surface area contributed by atoms with Crippen LogP contribution in [0.25, 0.3) is 5.65 Å². The summed E-state index contributed by atoms with van der Waals surface area (Å²) in [7, 11) is 0. The molecule has 1 aromatic carbocycles. The third kappa shape index (κ3) is 4.51. The third-order valence-electron chi connectivity index (χ3n) is 5.20. The molecule has 3 aromatic heterocycles. The maximum absolute atomic E-state index is 12.6. The maximum atomic E-state index is 12.6. The molecular weight excluding hydrogens is 446 g/mol. The summed E-state index contributed by atoms with van der Waals surface area (Å²) in [6.45, 7) is 3.63. The normalized spacial score (nSPS) is 13.2. The fourth-order valence-electron chi connectivity index (χ4n) is 3.28. The van der Waals surface area contributed by atoms with Crippen LogP contribution in [0, 0.1) is 19.8 Å². The Hall–Kier alpha value is -3.92. The fourth-order valence-corrected chi connectivity index (χ4v) is 3.52. The first-order valence-corrected chi connectivity index (χ1v) is 10.7. The Morgan fingerprint density at radius 3 is 2.58 bits per heavy atom. The standard InChI is InChI=1S/C22H20ClN7O3/c1-12-3-6-15(10-17(12)24-21(32)18-9-13(2)27-30(18)23)33-16-7-8-19-25-22(28-29(19)11-16)26-20(31)14-4-5-14/h3,6-11,14H,4-5H2,1-2H3,(H,24,32)(H,26,28,31). The van der Waals surface area contributed by atoms with Crippen LogP contribution >= 0.6 is 11.8 Å². The Balaban J connectivity index is 1.32. The van der Waals surface area contributed by atoms with Gasteiger partial charge in [0.15, 0.2) is 5.65 Å². The Morgan fingerprint density at radius 2 is 1.85 bits per heavy atom. The predicted octanol–water partition coefficient (Wildman–Crippen LogP) is 3.94. The minimum Gasteiger partial charge on any atom is -0.456 e. The Kier molecular flexibility index (Phi) is 5.21. The van der Waals surface area contributed by atoms with Crippen molar-refractivity contribution in [2.45, 2.75) is 26.7 Å². The number of hydrogen-bond acceptors (Lipinski definition) is 6. The first kappa shape index (κ1) is 21.0. The molecule has 1 aliphatic carbocycles. The maximum Gasteiger partial charge on any atom is 0.275 e. The van der Waals surface area contributed by atoms with Gasteiger partial charge in [-0.15, -0.1) is 5.10 Å². The largest absolute Gasteiger partial charge is 0.456 e. The van der Waals surface area contributed by atoms with Crippen LogP contribution in [-0.4, -0.2) is 35.7 Å². The van der Waals surface area contributed by atoms with Crippen molar-refractivity contribution in [2.24, 2.45) is 5.92 Å². The first-order valence-electron chi connectivity index (χ1n) is 10.4. The number of hydrogen-bond donors (Lipinski definition) is 2. The highest BCUT2D eigenvalue weighted by Gasteiger charge is 2.30. The van der Waals surface area contributed by atoms with Crippen LogP contribution in [-0.2, 0) is 4.79 Å². The van der Waals surface area contributed by atoms with Crippen LogP contribution in [0.2, 0.25) is 0 Å². The van der Waals surface area contributed by atoms with Gasteiger partial charge in [0, 0.05) is 29.4 Å². The Morgan fingerprint density at radius 1 is 1.06 bits per heavy atom. The number of nitrogens with zero attached hydrogens (tertiary/aromatic N) is 5. The van der Waals surface area contributed by atoms with Crippen molar-refractivity contribution in [1.82, 2.24) is 23.9 Å². The van der Waals surface area contributed by atoms with E-state index in [0.29, 0.717) is 28.5 Å². The number of ether oxygens (including phenoxy) is 1. The number of fused-ring (bicyclic) bond motifs is 1. The lowest BCUT2D eigenvalue weighted by molar-refractivity contribution is -0.117. The zero-order valence-corrected chi connectivity index (χ0v) is 18.6. The van der Waals surface area contributed by atoms with Gasteiger partial charge in [0.25, 0.3) is 5.91 Å². The number of rotatable bonds is 6. The number of amides is 2. The third-order valence-corrected chi connectivity index (χ3v) is 5.46. The molecule has 2 amide bonds. The molecule has 0 atom stereocenters. The molecule has 0 spiro atoms. The van der Waals surface area contributed by atoms with Crippen molar-refractivity contribution in [3.8, 4) is 11.5 Å². The summed E-state index contributed by atoms with van der Waals surface area (Å²) in [5.41, 5.74) is 2.90. The van der Waals surface area contributed by atoms with Crippen LogP contribution in [0.4, 0.5) is 11.6 Å². The van der Waals surface area contributed by atoms with E-state index in [1.165, 1.54) is 0 Å².